The van der Waals surface area contributed by atoms with Crippen molar-refractivity contribution in [1.82, 2.24) is 0 Å². The van der Waals surface area contributed by atoms with Gasteiger partial charge in [0, 0.05) is 18.0 Å². The van der Waals surface area contributed by atoms with Crippen molar-refractivity contribution in [3.8, 4) is 0 Å². The van der Waals surface area contributed by atoms with Gasteiger partial charge in [-0.3, -0.25) is 0 Å². The molecular formula is C10H14ClO+. The van der Waals surface area contributed by atoms with Gasteiger partial charge in [-0.15, -0.1) is 11.6 Å². The van der Waals surface area contributed by atoms with E-state index in [0.29, 0.717) is 5.88 Å². The number of alkyl halides is 1. The Labute approximate surface area is 78.4 Å². The van der Waals surface area contributed by atoms with Crippen molar-refractivity contribution >= 4 is 11.6 Å². The van der Waals surface area contributed by atoms with E-state index in [-0.39, 0.29) is 0 Å². The van der Waals surface area contributed by atoms with Crippen LogP contribution in [0.25, 0.3) is 0 Å². The van der Waals surface area contributed by atoms with Crippen LogP contribution in [0.3, 0.4) is 0 Å². The normalized spacial score (nSPS) is 10.2. The minimum absolute atomic E-state index is 0.566. The van der Waals surface area contributed by atoms with E-state index >= 15 is 0 Å². The van der Waals surface area contributed by atoms with E-state index in [1.165, 1.54) is 0 Å². The molecule has 0 aliphatic rings. The summed E-state index contributed by atoms with van der Waals surface area (Å²) in [6.45, 7) is 4.16. The zero-order valence-electron chi connectivity index (χ0n) is 7.56. The number of rotatable bonds is 3. The highest BCUT2D eigenvalue weighted by Gasteiger charge is 2.11. The van der Waals surface area contributed by atoms with Crippen molar-refractivity contribution in [1.29, 1.82) is 0 Å². The molecule has 2 heteroatoms. The number of hydrogen-bond donors (Lipinski definition) is 0. The molecule has 0 bridgehead atoms. The van der Waals surface area contributed by atoms with Crippen molar-refractivity contribution in [2.75, 3.05) is 0 Å². The summed E-state index contributed by atoms with van der Waals surface area (Å²) in [6.07, 6.45) is 1.86. The van der Waals surface area contributed by atoms with E-state index < -0.39 is 0 Å². The molecule has 1 rings (SSSR count). The van der Waals surface area contributed by atoms with Crippen LogP contribution in [0.4, 0.5) is 0 Å². The SMILES string of the molecule is CCc1cc(CCl)cc(CC)[o+]1. The molecule has 66 valence electrons. The van der Waals surface area contributed by atoms with Gasteiger partial charge >= 0.3 is 11.5 Å². The second kappa shape index (κ2) is 4.46. The highest BCUT2D eigenvalue weighted by atomic mass is 35.5. The van der Waals surface area contributed by atoms with Gasteiger partial charge in [-0.25, -0.2) is 4.42 Å². The van der Waals surface area contributed by atoms with Crippen LogP contribution in [0.5, 0.6) is 0 Å². The average molecular weight is 186 g/mol. The standard InChI is InChI=1S/C10H14ClO/c1-3-9-5-8(7-11)6-10(4-2)12-9/h5-6H,3-4,7H2,1-2H3/q+1. The van der Waals surface area contributed by atoms with Crippen molar-refractivity contribution in [2.24, 2.45) is 0 Å². The lowest BCUT2D eigenvalue weighted by Crippen LogP contribution is -1.89. The molecule has 1 nitrogen and oxygen atoms in total. The summed E-state index contributed by atoms with van der Waals surface area (Å²) in [6, 6.07) is 4.04. The molecule has 0 atom stereocenters. The number of hydrogen-bond acceptors (Lipinski definition) is 0. The van der Waals surface area contributed by atoms with Gasteiger partial charge in [0.25, 0.3) is 0 Å². The van der Waals surface area contributed by atoms with E-state index in [0.717, 1.165) is 29.9 Å². The Morgan fingerprint density at radius 2 is 1.67 bits per heavy atom. The maximum atomic E-state index is 5.74. The van der Waals surface area contributed by atoms with Crippen LogP contribution in [-0.2, 0) is 18.7 Å². The molecule has 0 fully saturated rings. The minimum Gasteiger partial charge on any atom is -0.218 e. The highest BCUT2D eigenvalue weighted by molar-refractivity contribution is 6.17. The summed E-state index contributed by atoms with van der Waals surface area (Å²) < 4.78 is 5.56. The third kappa shape index (κ3) is 2.21. The molecule has 0 spiro atoms. The fourth-order valence-corrected chi connectivity index (χ4v) is 1.26. The first-order chi connectivity index (χ1) is 5.80. The summed E-state index contributed by atoms with van der Waals surface area (Å²) >= 11 is 5.74. The number of halogens is 1. The Bertz CT molecular complexity index is 203. The van der Waals surface area contributed by atoms with Crippen LogP contribution in [0, 0.1) is 0 Å². The Morgan fingerprint density at radius 1 is 1.17 bits per heavy atom. The smallest absolute Gasteiger partial charge is 0.218 e. The van der Waals surface area contributed by atoms with Crippen molar-refractivity contribution in [3.63, 3.8) is 0 Å². The highest BCUT2D eigenvalue weighted by Crippen LogP contribution is 2.13. The Morgan fingerprint density at radius 3 is 2.00 bits per heavy atom. The van der Waals surface area contributed by atoms with Crippen LogP contribution in [0.2, 0.25) is 0 Å². The Balaban J connectivity index is 3.01. The summed E-state index contributed by atoms with van der Waals surface area (Å²) in [5, 5.41) is 0. The molecule has 12 heavy (non-hydrogen) atoms. The van der Waals surface area contributed by atoms with Gasteiger partial charge in [0.1, 0.15) is 0 Å². The monoisotopic (exact) mass is 185 g/mol. The first-order valence-electron chi connectivity index (χ1n) is 4.31. The molecule has 1 aromatic heterocycles. The molecule has 1 heterocycles. The lowest BCUT2D eigenvalue weighted by molar-refractivity contribution is 0.454. The van der Waals surface area contributed by atoms with Gasteiger partial charge in [-0.05, 0) is 5.56 Å². The summed E-state index contributed by atoms with van der Waals surface area (Å²) in [5.74, 6) is 2.60. The maximum Gasteiger partial charge on any atom is 0.329 e. The second-order valence-electron chi connectivity index (χ2n) is 2.74. The predicted molar refractivity (Wildman–Crippen MR) is 51.4 cm³/mol. The third-order valence-electron chi connectivity index (χ3n) is 1.81. The molecule has 1 aromatic rings. The average Bonchev–Trinajstić information content (AvgIpc) is 2.16. The Hall–Kier alpha value is -0.560. The number of aryl methyl sites for hydroxylation is 2. The lowest BCUT2D eigenvalue weighted by atomic mass is 10.2. The molecule has 0 N–H and O–H groups in total. The van der Waals surface area contributed by atoms with Gasteiger partial charge in [-0.2, -0.15) is 0 Å². The zero-order valence-corrected chi connectivity index (χ0v) is 8.32. The third-order valence-corrected chi connectivity index (χ3v) is 2.11. The van der Waals surface area contributed by atoms with Gasteiger partial charge in [0.05, 0.1) is 12.8 Å². The zero-order chi connectivity index (χ0) is 8.97. The van der Waals surface area contributed by atoms with Crippen LogP contribution >= 0.6 is 11.6 Å². The summed E-state index contributed by atoms with van der Waals surface area (Å²) in [4.78, 5) is 0. The van der Waals surface area contributed by atoms with Crippen molar-refractivity contribution in [3.05, 3.63) is 29.2 Å². The van der Waals surface area contributed by atoms with Gasteiger partial charge in [-0.1, -0.05) is 13.8 Å². The van der Waals surface area contributed by atoms with Gasteiger partial charge in [0.2, 0.25) is 0 Å². The first-order valence-corrected chi connectivity index (χ1v) is 4.84. The predicted octanol–water partition coefficient (Wildman–Crippen LogP) is 3.42. The van der Waals surface area contributed by atoms with E-state index in [9.17, 15) is 0 Å². The molecule has 0 saturated heterocycles. The van der Waals surface area contributed by atoms with E-state index in [2.05, 4.69) is 13.8 Å². The van der Waals surface area contributed by atoms with E-state index in [4.69, 9.17) is 16.0 Å². The van der Waals surface area contributed by atoms with Gasteiger partial charge in [0.15, 0.2) is 0 Å². The molecule has 0 aliphatic heterocycles. The topological polar surface area (TPSA) is 11.3 Å². The van der Waals surface area contributed by atoms with E-state index in [1.807, 2.05) is 12.1 Å². The maximum absolute atomic E-state index is 5.74. The van der Waals surface area contributed by atoms with Crippen LogP contribution < -0.4 is 0 Å². The summed E-state index contributed by atoms with van der Waals surface area (Å²) in [7, 11) is 0. The van der Waals surface area contributed by atoms with E-state index in [1.54, 1.807) is 0 Å². The molecule has 0 amide bonds. The molecule has 0 radical (unpaired) electrons. The molecule has 0 aromatic carbocycles. The largest absolute Gasteiger partial charge is 0.329 e. The van der Waals surface area contributed by atoms with Crippen LogP contribution in [-0.4, -0.2) is 0 Å². The molecule has 0 unspecified atom stereocenters. The minimum atomic E-state index is 0.566. The molecular weight excluding hydrogens is 172 g/mol. The van der Waals surface area contributed by atoms with Crippen LogP contribution in [0.1, 0.15) is 30.9 Å². The fraction of sp³-hybridized carbons (Fsp3) is 0.500. The molecule has 0 aliphatic carbocycles. The lowest BCUT2D eigenvalue weighted by Gasteiger charge is -1.92. The van der Waals surface area contributed by atoms with Crippen molar-refractivity contribution in [2.45, 2.75) is 32.6 Å². The van der Waals surface area contributed by atoms with Crippen LogP contribution in [0.15, 0.2) is 16.5 Å². The van der Waals surface area contributed by atoms with Crippen molar-refractivity contribution < 1.29 is 4.42 Å². The Kier molecular flexibility index (Phi) is 3.54. The fourth-order valence-electron chi connectivity index (χ4n) is 1.11. The quantitative estimate of drug-likeness (QED) is 0.519. The molecule has 0 saturated carbocycles. The van der Waals surface area contributed by atoms with Gasteiger partial charge < -0.3 is 0 Å². The first kappa shape index (κ1) is 9.53. The second-order valence-corrected chi connectivity index (χ2v) is 3.01. The summed E-state index contributed by atoms with van der Waals surface area (Å²) in [5.41, 5.74) is 1.15.